The fraction of sp³-hybridized carbons (Fsp3) is 0.200. The Morgan fingerprint density at radius 1 is 1.14 bits per heavy atom. The van der Waals surface area contributed by atoms with E-state index in [2.05, 4.69) is 22.2 Å². The monoisotopic (exact) mass is 430 g/mol. The molecule has 0 fully saturated rings. The Morgan fingerprint density at radius 3 is 2.52 bits per heavy atom. The first kappa shape index (κ1) is 20.9. The molecule has 3 rings (SSSR count). The first-order valence-electron chi connectivity index (χ1n) is 8.99. The van der Waals surface area contributed by atoms with Crippen molar-refractivity contribution in [2.45, 2.75) is 29.7 Å². The molecule has 2 aromatic carbocycles. The summed E-state index contributed by atoms with van der Waals surface area (Å²) in [6.07, 6.45) is 3.35. The fourth-order valence-electron chi connectivity index (χ4n) is 2.41. The highest BCUT2D eigenvalue weighted by Crippen LogP contribution is 2.37. The maximum atomic E-state index is 11.7. The molecule has 0 radical (unpaired) electrons. The van der Waals surface area contributed by atoms with Gasteiger partial charge in [-0.25, -0.2) is 9.97 Å². The Hall–Kier alpha value is -2.84. The van der Waals surface area contributed by atoms with E-state index >= 15 is 0 Å². The Kier molecular flexibility index (Phi) is 7.26. The third kappa shape index (κ3) is 5.82. The van der Waals surface area contributed by atoms with Crippen LogP contribution in [0.5, 0.6) is 5.75 Å². The second-order valence-corrected chi connectivity index (χ2v) is 7.54. The number of hydrogen-bond donors (Lipinski definition) is 1. The maximum absolute atomic E-state index is 11.7. The lowest BCUT2D eigenvalue weighted by atomic mass is 10.3. The molecule has 0 aliphatic heterocycles. The number of rotatable bonds is 9. The van der Waals surface area contributed by atoms with Gasteiger partial charge in [0.2, 0.25) is 5.82 Å². The van der Waals surface area contributed by atoms with E-state index in [0.717, 1.165) is 23.5 Å². The molecule has 0 bridgehead atoms. The van der Waals surface area contributed by atoms with E-state index in [-0.39, 0.29) is 16.5 Å². The highest BCUT2D eigenvalue weighted by molar-refractivity contribution is 7.99. The molecular weight excluding hydrogens is 412 g/mol. The molecule has 1 N–H and O–H groups in total. The van der Waals surface area contributed by atoms with Gasteiger partial charge in [-0.1, -0.05) is 36.7 Å². The molecule has 29 heavy (non-hydrogen) atoms. The average molecular weight is 431 g/mol. The number of ether oxygens (including phenoxy) is 1. The number of nitrogens with one attached hydrogen (secondary N) is 1. The number of halogens is 1. The number of aromatic nitrogens is 2. The molecule has 0 saturated carbocycles. The van der Waals surface area contributed by atoms with Gasteiger partial charge in [0.1, 0.15) is 12.1 Å². The number of benzene rings is 2. The van der Waals surface area contributed by atoms with Crippen molar-refractivity contribution in [2.24, 2.45) is 0 Å². The van der Waals surface area contributed by atoms with Crippen molar-refractivity contribution in [1.29, 1.82) is 0 Å². The van der Waals surface area contributed by atoms with Crippen molar-refractivity contribution in [1.82, 2.24) is 9.97 Å². The quantitative estimate of drug-likeness (QED) is 0.189. The average Bonchev–Trinajstić information content (AvgIpc) is 2.71. The van der Waals surface area contributed by atoms with Crippen LogP contribution in [0.1, 0.15) is 19.8 Å². The van der Waals surface area contributed by atoms with Crippen molar-refractivity contribution >= 4 is 40.6 Å². The van der Waals surface area contributed by atoms with Gasteiger partial charge < -0.3 is 10.1 Å². The molecule has 150 valence electrons. The summed E-state index contributed by atoms with van der Waals surface area (Å²) in [6.45, 7) is 2.76. The maximum Gasteiger partial charge on any atom is 0.343 e. The molecule has 7 nitrogen and oxygen atoms in total. The van der Waals surface area contributed by atoms with Crippen LogP contribution in [-0.4, -0.2) is 21.5 Å². The minimum atomic E-state index is -0.483. The highest BCUT2D eigenvalue weighted by Gasteiger charge is 2.24. The normalized spacial score (nSPS) is 10.6. The largest absolute Gasteiger partial charge is 0.494 e. The first-order valence-corrected chi connectivity index (χ1v) is 10.2. The summed E-state index contributed by atoms with van der Waals surface area (Å²) in [5, 5.41) is 15.5. The van der Waals surface area contributed by atoms with Gasteiger partial charge in [-0.3, -0.25) is 10.1 Å². The smallest absolute Gasteiger partial charge is 0.343 e. The number of nitro groups is 1. The lowest BCUT2D eigenvalue weighted by Crippen LogP contribution is -2.03. The SMILES string of the molecule is CCCCOc1ccc(Nc2ncnc(Sc3ccc(Cl)cc3)c2[N+](=O)[O-])cc1. The minimum absolute atomic E-state index is 0.126. The van der Waals surface area contributed by atoms with Crippen LogP contribution in [-0.2, 0) is 0 Å². The molecule has 3 aromatic rings. The molecule has 0 aliphatic carbocycles. The standard InChI is InChI=1S/C20H19ClN4O3S/c1-2-3-12-28-16-8-6-15(7-9-16)24-19-18(25(26)27)20(23-13-22-19)29-17-10-4-14(21)5-11-17/h4-11,13H,2-3,12H2,1H3,(H,22,23,24). The van der Waals surface area contributed by atoms with Crippen LogP contribution in [0.15, 0.2) is 64.8 Å². The molecule has 0 amide bonds. The minimum Gasteiger partial charge on any atom is -0.494 e. The molecule has 0 unspecified atom stereocenters. The fourth-order valence-corrected chi connectivity index (χ4v) is 3.40. The van der Waals surface area contributed by atoms with Gasteiger partial charge in [-0.15, -0.1) is 0 Å². The lowest BCUT2D eigenvalue weighted by Gasteiger charge is -2.10. The number of hydrogen-bond acceptors (Lipinski definition) is 7. The predicted octanol–water partition coefficient (Wildman–Crippen LogP) is 6.11. The Morgan fingerprint density at radius 2 is 1.86 bits per heavy atom. The van der Waals surface area contributed by atoms with Crippen LogP contribution in [0.4, 0.5) is 17.2 Å². The van der Waals surface area contributed by atoms with Crippen LogP contribution in [0, 0.1) is 10.1 Å². The van der Waals surface area contributed by atoms with E-state index in [0.29, 0.717) is 17.3 Å². The van der Waals surface area contributed by atoms with Gasteiger partial charge in [0.05, 0.1) is 11.5 Å². The lowest BCUT2D eigenvalue weighted by molar-refractivity contribution is -0.387. The number of nitrogens with zero attached hydrogens (tertiary/aromatic N) is 3. The Bertz CT molecular complexity index is 968. The summed E-state index contributed by atoms with van der Waals surface area (Å²) in [7, 11) is 0. The Balaban J connectivity index is 1.80. The van der Waals surface area contributed by atoms with E-state index in [1.807, 2.05) is 12.1 Å². The molecule has 0 atom stereocenters. The van der Waals surface area contributed by atoms with Crippen LogP contribution >= 0.6 is 23.4 Å². The van der Waals surface area contributed by atoms with Crippen molar-refractivity contribution < 1.29 is 9.66 Å². The molecule has 1 heterocycles. The molecule has 0 spiro atoms. The van der Waals surface area contributed by atoms with Crippen LogP contribution in [0.25, 0.3) is 0 Å². The molecule has 0 saturated heterocycles. The van der Waals surface area contributed by atoms with E-state index < -0.39 is 4.92 Å². The van der Waals surface area contributed by atoms with Gasteiger partial charge in [0, 0.05) is 15.6 Å². The van der Waals surface area contributed by atoms with Crippen molar-refractivity contribution in [2.75, 3.05) is 11.9 Å². The third-order valence-electron chi connectivity index (χ3n) is 3.88. The van der Waals surface area contributed by atoms with Crippen LogP contribution < -0.4 is 10.1 Å². The zero-order chi connectivity index (χ0) is 20.6. The van der Waals surface area contributed by atoms with Gasteiger partial charge in [-0.2, -0.15) is 0 Å². The Labute approximate surface area is 177 Å². The van der Waals surface area contributed by atoms with Crippen LogP contribution in [0.3, 0.4) is 0 Å². The van der Waals surface area contributed by atoms with E-state index in [1.165, 1.54) is 18.1 Å². The zero-order valence-corrected chi connectivity index (χ0v) is 17.2. The molecule has 0 aliphatic rings. The summed E-state index contributed by atoms with van der Waals surface area (Å²) in [6, 6.07) is 14.2. The van der Waals surface area contributed by atoms with E-state index in [9.17, 15) is 10.1 Å². The van der Waals surface area contributed by atoms with Gasteiger partial charge in [0.25, 0.3) is 0 Å². The van der Waals surface area contributed by atoms with Gasteiger partial charge in [-0.05, 0) is 55.0 Å². The first-order chi connectivity index (χ1) is 14.1. The van der Waals surface area contributed by atoms with Crippen LogP contribution in [0.2, 0.25) is 5.02 Å². The summed E-state index contributed by atoms with van der Waals surface area (Å²) in [5.41, 5.74) is 0.479. The second-order valence-electron chi connectivity index (χ2n) is 6.04. The molecular formula is C20H19ClN4O3S. The predicted molar refractivity (Wildman–Crippen MR) is 114 cm³/mol. The van der Waals surface area contributed by atoms with E-state index in [1.54, 1.807) is 36.4 Å². The van der Waals surface area contributed by atoms with Crippen molar-refractivity contribution in [3.8, 4) is 5.75 Å². The van der Waals surface area contributed by atoms with Crippen molar-refractivity contribution in [3.05, 3.63) is 70.0 Å². The summed E-state index contributed by atoms with van der Waals surface area (Å²) < 4.78 is 5.63. The topological polar surface area (TPSA) is 90.2 Å². The number of unbranched alkanes of at least 4 members (excludes halogenated alkanes) is 1. The summed E-state index contributed by atoms with van der Waals surface area (Å²) in [5.74, 6) is 0.876. The third-order valence-corrected chi connectivity index (χ3v) is 5.14. The van der Waals surface area contributed by atoms with Crippen molar-refractivity contribution in [3.63, 3.8) is 0 Å². The van der Waals surface area contributed by atoms with Gasteiger partial charge in [0.15, 0.2) is 5.03 Å². The zero-order valence-electron chi connectivity index (χ0n) is 15.7. The van der Waals surface area contributed by atoms with E-state index in [4.69, 9.17) is 16.3 Å². The summed E-state index contributed by atoms with van der Waals surface area (Å²) >= 11 is 7.07. The molecule has 1 aromatic heterocycles. The molecule has 9 heteroatoms. The highest BCUT2D eigenvalue weighted by atomic mass is 35.5. The second kappa shape index (κ2) is 10.1. The summed E-state index contributed by atoms with van der Waals surface area (Å²) in [4.78, 5) is 20.2. The number of anilines is 2. The van der Waals surface area contributed by atoms with Gasteiger partial charge >= 0.3 is 5.69 Å².